The second-order valence-electron chi connectivity index (χ2n) is 7.18. The molecule has 1 atom stereocenters. The number of aromatic hydroxyl groups is 1. The van der Waals surface area contributed by atoms with Gasteiger partial charge >= 0.3 is 0 Å². The molecule has 1 unspecified atom stereocenters. The highest BCUT2D eigenvalue weighted by atomic mass is 35.5. The van der Waals surface area contributed by atoms with Crippen LogP contribution in [0.1, 0.15) is 43.7 Å². The number of unbranched alkanes of at least 4 members (excludes halogenated alkanes) is 2. The average molecular weight is 402 g/mol. The molecule has 5 heteroatoms. The molecule has 150 valence electrons. The fraction of sp³-hybridized carbons (Fsp3) is 0.391. The first-order valence-electron chi connectivity index (χ1n) is 9.76. The Hall–Kier alpha value is -2.33. The molecule has 0 saturated carbocycles. The van der Waals surface area contributed by atoms with Gasteiger partial charge in [0.15, 0.2) is 0 Å². The number of phenolic OH excluding ortho intramolecular Hbond substituents is 1. The summed E-state index contributed by atoms with van der Waals surface area (Å²) in [5, 5.41) is 12.5. The van der Waals surface area contributed by atoms with Crippen LogP contribution in [0.3, 0.4) is 0 Å². The number of nitrogens with one attached hydrogen (secondary N) is 1. The van der Waals surface area contributed by atoms with Gasteiger partial charge in [0.05, 0.1) is 11.4 Å². The number of benzene rings is 2. The van der Waals surface area contributed by atoms with E-state index in [1.54, 1.807) is 12.1 Å². The van der Waals surface area contributed by atoms with E-state index in [0.717, 1.165) is 31.2 Å². The van der Waals surface area contributed by atoms with Gasteiger partial charge in [0.1, 0.15) is 11.5 Å². The van der Waals surface area contributed by atoms with Crippen LogP contribution in [0.15, 0.2) is 48.5 Å². The van der Waals surface area contributed by atoms with Crippen molar-refractivity contribution in [2.75, 3.05) is 6.54 Å². The molecule has 0 aliphatic heterocycles. The maximum Gasteiger partial charge on any atom is 0.224 e. The van der Waals surface area contributed by atoms with Crippen molar-refractivity contribution < 1.29 is 14.7 Å². The van der Waals surface area contributed by atoms with E-state index >= 15 is 0 Å². The Labute approximate surface area is 171 Å². The Morgan fingerprint density at radius 2 is 1.79 bits per heavy atom. The molecule has 28 heavy (non-hydrogen) atoms. The van der Waals surface area contributed by atoms with Crippen molar-refractivity contribution in [1.29, 1.82) is 0 Å². The number of amides is 1. The quantitative estimate of drug-likeness (QED) is 0.536. The molecule has 2 rings (SSSR count). The molecule has 2 aromatic rings. The van der Waals surface area contributed by atoms with Crippen LogP contribution in [0.2, 0.25) is 5.02 Å². The van der Waals surface area contributed by atoms with Crippen molar-refractivity contribution in [1.82, 2.24) is 5.32 Å². The zero-order valence-corrected chi connectivity index (χ0v) is 17.0. The van der Waals surface area contributed by atoms with Crippen LogP contribution in [0.5, 0.6) is 5.75 Å². The van der Waals surface area contributed by atoms with Gasteiger partial charge in [-0.25, -0.2) is 0 Å². The second-order valence-corrected chi connectivity index (χ2v) is 7.59. The molecule has 0 spiro atoms. The Kier molecular flexibility index (Phi) is 9.02. The fourth-order valence-electron chi connectivity index (χ4n) is 3.06. The van der Waals surface area contributed by atoms with Crippen LogP contribution in [-0.4, -0.2) is 23.3 Å². The van der Waals surface area contributed by atoms with Gasteiger partial charge in [0.2, 0.25) is 5.91 Å². The first kappa shape index (κ1) is 22.0. The minimum Gasteiger partial charge on any atom is -0.506 e. The summed E-state index contributed by atoms with van der Waals surface area (Å²) in [6.45, 7) is 2.59. The van der Waals surface area contributed by atoms with E-state index < -0.39 is 0 Å². The van der Waals surface area contributed by atoms with Crippen LogP contribution >= 0.6 is 11.6 Å². The first-order chi connectivity index (χ1) is 13.5. The summed E-state index contributed by atoms with van der Waals surface area (Å²) in [5.41, 5.74) is 1.96. The van der Waals surface area contributed by atoms with E-state index in [9.17, 15) is 14.7 Å². The Morgan fingerprint density at radius 3 is 2.50 bits per heavy atom. The predicted molar refractivity (Wildman–Crippen MR) is 113 cm³/mol. The van der Waals surface area contributed by atoms with E-state index in [4.69, 9.17) is 11.6 Å². The molecule has 0 heterocycles. The highest BCUT2D eigenvalue weighted by molar-refractivity contribution is 6.32. The van der Waals surface area contributed by atoms with Crippen molar-refractivity contribution in [3.63, 3.8) is 0 Å². The summed E-state index contributed by atoms with van der Waals surface area (Å²) in [6.07, 6.45) is 4.22. The topological polar surface area (TPSA) is 66.4 Å². The molecule has 0 radical (unpaired) electrons. The van der Waals surface area contributed by atoms with Crippen LogP contribution < -0.4 is 5.32 Å². The van der Waals surface area contributed by atoms with E-state index in [1.807, 2.05) is 25.1 Å². The molecule has 0 aliphatic rings. The second kappa shape index (κ2) is 11.5. The molecule has 2 N–H and O–H groups in total. The van der Waals surface area contributed by atoms with E-state index in [0.29, 0.717) is 18.7 Å². The van der Waals surface area contributed by atoms with Gasteiger partial charge in [-0.05, 0) is 42.5 Å². The third kappa shape index (κ3) is 7.73. The number of halogens is 1. The summed E-state index contributed by atoms with van der Waals surface area (Å²) in [6, 6.07) is 14.8. The Bertz CT molecular complexity index is 777. The van der Waals surface area contributed by atoms with Crippen LogP contribution in [0.4, 0.5) is 0 Å². The molecule has 0 fully saturated rings. The number of carbonyl (C=O) groups excluding carboxylic acids is 2. The number of carbonyl (C=O) groups is 2. The highest BCUT2D eigenvalue weighted by Crippen LogP contribution is 2.23. The monoisotopic (exact) mass is 401 g/mol. The molecule has 2 aromatic carbocycles. The summed E-state index contributed by atoms with van der Waals surface area (Å²) < 4.78 is 0. The molecule has 0 aromatic heterocycles. The number of phenols is 1. The lowest BCUT2D eigenvalue weighted by atomic mass is 9.94. The molecular formula is C23H28ClNO3. The Morgan fingerprint density at radius 1 is 1.04 bits per heavy atom. The van der Waals surface area contributed by atoms with Gasteiger partial charge in [0.25, 0.3) is 0 Å². The van der Waals surface area contributed by atoms with Crippen LogP contribution in [0.25, 0.3) is 0 Å². The van der Waals surface area contributed by atoms with Crippen molar-refractivity contribution in [3.8, 4) is 5.75 Å². The average Bonchev–Trinajstić information content (AvgIpc) is 2.68. The summed E-state index contributed by atoms with van der Waals surface area (Å²) >= 11 is 5.84. The molecule has 0 aliphatic carbocycles. The van der Waals surface area contributed by atoms with Crippen molar-refractivity contribution in [2.45, 2.75) is 45.4 Å². The zero-order valence-electron chi connectivity index (χ0n) is 16.3. The van der Waals surface area contributed by atoms with Gasteiger partial charge in [-0.2, -0.15) is 0 Å². The van der Waals surface area contributed by atoms with Crippen molar-refractivity contribution in [2.24, 2.45) is 5.92 Å². The normalized spacial score (nSPS) is 11.8. The summed E-state index contributed by atoms with van der Waals surface area (Å²) in [4.78, 5) is 24.2. The SMILES string of the molecule is CC(Cc1ccccc1)C(=O)CCCCCNC(=O)Cc1ccc(O)c(Cl)c1. The first-order valence-corrected chi connectivity index (χ1v) is 10.1. The zero-order chi connectivity index (χ0) is 20.4. The molecular weight excluding hydrogens is 374 g/mol. The van der Waals surface area contributed by atoms with Crippen LogP contribution in [-0.2, 0) is 22.4 Å². The lowest BCUT2D eigenvalue weighted by Gasteiger charge is -2.10. The molecule has 0 saturated heterocycles. The number of rotatable bonds is 11. The van der Waals surface area contributed by atoms with Crippen LogP contribution in [0, 0.1) is 5.92 Å². The van der Waals surface area contributed by atoms with E-state index in [-0.39, 0.29) is 29.0 Å². The van der Waals surface area contributed by atoms with Gasteiger partial charge in [-0.15, -0.1) is 0 Å². The standard InChI is InChI=1S/C23H28ClNO3/c1-17(14-18-8-4-2-5-9-18)21(26)10-6-3-7-13-25-23(28)16-19-11-12-22(27)20(24)15-19/h2,4-5,8-9,11-12,15,17,27H,3,6-7,10,13-14,16H2,1H3,(H,25,28). The maximum atomic E-state index is 12.2. The smallest absolute Gasteiger partial charge is 0.224 e. The molecule has 0 bridgehead atoms. The minimum atomic E-state index is -0.0747. The van der Waals surface area contributed by atoms with E-state index in [2.05, 4.69) is 17.4 Å². The fourth-order valence-corrected chi connectivity index (χ4v) is 3.27. The maximum absolute atomic E-state index is 12.2. The third-order valence-corrected chi connectivity index (χ3v) is 5.04. The Balaban J connectivity index is 1.56. The van der Waals surface area contributed by atoms with Crippen molar-refractivity contribution >= 4 is 23.3 Å². The van der Waals surface area contributed by atoms with Crippen molar-refractivity contribution in [3.05, 3.63) is 64.7 Å². The van der Waals surface area contributed by atoms with Gasteiger partial charge in [-0.1, -0.05) is 61.3 Å². The highest BCUT2D eigenvalue weighted by Gasteiger charge is 2.13. The summed E-state index contributed by atoms with van der Waals surface area (Å²) in [5.74, 6) is 0.282. The number of ketones is 1. The minimum absolute atomic E-state index is 0.0125. The molecule has 4 nitrogen and oxygen atoms in total. The van der Waals surface area contributed by atoms with Gasteiger partial charge in [-0.3, -0.25) is 9.59 Å². The third-order valence-electron chi connectivity index (χ3n) is 4.73. The lowest BCUT2D eigenvalue weighted by Crippen LogP contribution is -2.26. The largest absolute Gasteiger partial charge is 0.506 e. The predicted octanol–water partition coefficient (Wildman–Crippen LogP) is 4.71. The number of Topliss-reactive ketones (excluding diaryl/α,β-unsaturated/α-hetero) is 1. The number of hydrogen-bond acceptors (Lipinski definition) is 3. The molecule has 1 amide bonds. The van der Waals surface area contributed by atoms with Gasteiger partial charge < -0.3 is 10.4 Å². The lowest BCUT2D eigenvalue weighted by molar-refractivity contribution is -0.122. The van der Waals surface area contributed by atoms with Gasteiger partial charge in [0, 0.05) is 18.9 Å². The summed E-state index contributed by atoms with van der Waals surface area (Å²) in [7, 11) is 0. The van der Waals surface area contributed by atoms with E-state index in [1.165, 1.54) is 11.6 Å². The number of hydrogen-bond donors (Lipinski definition) is 2.